The van der Waals surface area contributed by atoms with Crippen molar-refractivity contribution in [1.82, 2.24) is 10.2 Å². The first-order chi connectivity index (χ1) is 9.82. The van der Waals surface area contributed by atoms with Crippen LogP contribution in [-0.2, 0) is 6.54 Å². The topological polar surface area (TPSA) is 58.4 Å². The molecule has 118 valence electrons. The largest absolute Gasteiger partial charge is 0.366 e. The number of nitrogens with zero attached hydrogens (tertiary/aromatic N) is 1. The maximum absolute atomic E-state index is 11.1. The normalized spacial score (nSPS) is 11.6. The minimum Gasteiger partial charge on any atom is -0.366 e. The standard InChI is InChI=1S/C17H29N3O/c1-12(2)20(13(3)4)9-8-19-11-16-7-6-15(17(18)21)10-14(16)5/h6-7,10,12-13,19H,8-9,11H2,1-5H3,(H2,18,21). The lowest BCUT2D eigenvalue weighted by molar-refractivity contribution is 0.1000. The molecule has 4 heteroatoms. The van der Waals surface area contributed by atoms with E-state index >= 15 is 0 Å². The molecule has 0 saturated carbocycles. The molecule has 0 aromatic heterocycles. The van der Waals surface area contributed by atoms with E-state index in [1.807, 2.05) is 19.1 Å². The van der Waals surface area contributed by atoms with Gasteiger partial charge in [-0.05, 0) is 57.9 Å². The predicted octanol–water partition coefficient (Wildman–Crippen LogP) is 2.30. The number of hydrogen-bond acceptors (Lipinski definition) is 3. The summed E-state index contributed by atoms with van der Waals surface area (Å²) in [5.74, 6) is -0.373. The van der Waals surface area contributed by atoms with Gasteiger partial charge in [-0.2, -0.15) is 0 Å². The number of primary amides is 1. The third-order valence-corrected chi connectivity index (χ3v) is 3.82. The van der Waals surface area contributed by atoms with E-state index < -0.39 is 0 Å². The highest BCUT2D eigenvalue weighted by atomic mass is 16.1. The van der Waals surface area contributed by atoms with Gasteiger partial charge in [-0.15, -0.1) is 0 Å². The Morgan fingerprint density at radius 2 is 1.86 bits per heavy atom. The van der Waals surface area contributed by atoms with E-state index in [9.17, 15) is 4.79 Å². The summed E-state index contributed by atoms with van der Waals surface area (Å²) in [6, 6.07) is 6.74. The summed E-state index contributed by atoms with van der Waals surface area (Å²) in [7, 11) is 0. The Bertz CT molecular complexity index is 461. The third-order valence-electron chi connectivity index (χ3n) is 3.82. The molecule has 0 aliphatic rings. The van der Waals surface area contributed by atoms with E-state index in [1.165, 1.54) is 5.56 Å². The van der Waals surface area contributed by atoms with Crippen LogP contribution in [0.3, 0.4) is 0 Å². The first-order valence-corrected chi connectivity index (χ1v) is 7.68. The summed E-state index contributed by atoms with van der Waals surface area (Å²) in [4.78, 5) is 13.6. The second kappa shape index (κ2) is 8.15. The van der Waals surface area contributed by atoms with Crippen LogP contribution in [0, 0.1) is 6.92 Å². The molecule has 1 aromatic rings. The fourth-order valence-electron chi connectivity index (χ4n) is 2.59. The summed E-state index contributed by atoms with van der Waals surface area (Å²) >= 11 is 0. The fourth-order valence-corrected chi connectivity index (χ4v) is 2.59. The SMILES string of the molecule is Cc1cc(C(N)=O)ccc1CNCCN(C(C)C)C(C)C. The molecule has 4 nitrogen and oxygen atoms in total. The van der Waals surface area contributed by atoms with Crippen molar-refractivity contribution >= 4 is 5.91 Å². The van der Waals surface area contributed by atoms with Crippen LogP contribution in [0.15, 0.2) is 18.2 Å². The number of rotatable bonds is 8. The maximum Gasteiger partial charge on any atom is 0.248 e. The lowest BCUT2D eigenvalue weighted by Gasteiger charge is -2.30. The average Bonchev–Trinajstić information content (AvgIpc) is 2.38. The van der Waals surface area contributed by atoms with Gasteiger partial charge in [-0.25, -0.2) is 0 Å². The third kappa shape index (κ3) is 5.48. The molecular weight excluding hydrogens is 262 g/mol. The number of amides is 1. The zero-order valence-electron chi connectivity index (χ0n) is 13.9. The molecule has 21 heavy (non-hydrogen) atoms. The highest BCUT2D eigenvalue weighted by Gasteiger charge is 2.12. The molecule has 0 radical (unpaired) electrons. The van der Waals surface area contributed by atoms with Crippen molar-refractivity contribution in [2.24, 2.45) is 5.73 Å². The van der Waals surface area contributed by atoms with E-state index in [-0.39, 0.29) is 5.91 Å². The number of nitrogens with one attached hydrogen (secondary N) is 1. The van der Waals surface area contributed by atoms with Gasteiger partial charge < -0.3 is 11.1 Å². The predicted molar refractivity (Wildman–Crippen MR) is 88.4 cm³/mol. The molecule has 1 rings (SSSR count). The molecule has 0 spiro atoms. The van der Waals surface area contributed by atoms with Crippen LogP contribution in [0.4, 0.5) is 0 Å². The molecule has 1 amide bonds. The lowest BCUT2D eigenvalue weighted by Crippen LogP contribution is -2.41. The lowest BCUT2D eigenvalue weighted by atomic mass is 10.0. The molecule has 0 saturated heterocycles. The van der Waals surface area contributed by atoms with Gasteiger partial charge in [0, 0.05) is 37.3 Å². The smallest absolute Gasteiger partial charge is 0.248 e. The Morgan fingerprint density at radius 3 is 2.33 bits per heavy atom. The second-order valence-electron chi connectivity index (χ2n) is 6.11. The molecule has 0 fully saturated rings. The zero-order valence-corrected chi connectivity index (χ0v) is 13.9. The fraction of sp³-hybridized carbons (Fsp3) is 0.588. The minimum atomic E-state index is -0.373. The molecule has 0 heterocycles. The first-order valence-electron chi connectivity index (χ1n) is 7.68. The first kappa shape index (κ1) is 17.7. The van der Waals surface area contributed by atoms with E-state index in [4.69, 9.17) is 5.73 Å². The number of benzene rings is 1. The quantitative estimate of drug-likeness (QED) is 0.723. The van der Waals surface area contributed by atoms with Crippen molar-refractivity contribution in [3.63, 3.8) is 0 Å². The summed E-state index contributed by atoms with van der Waals surface area (Å²) in [6.07, 6.45) is 0. The van der Waals surface area contributed by atoms with Crippen molar-refractivity contribution in [2.75, 3.05) is 13.1 Å². The van der Waals surface area contributed by atoms with Crippen LogP contribution in [0.5, 0.6) is 0 Å². The number of nitrogens with two attached hydrogens (primary N) is 1. The van der Waals surface area contributed by atoms with Crippen LogP contribution in [0.25, 0.3) is 0 Å². The summed E-state index contributed by atoms with van der Waals surface area (Å²) in [5, 5.41) is 3.47. The Morgan fingerprint density at radius 1 is 1.24 bits per heavy atom. The number of carbonyl (C=O) groups excluding carboxylic acids is 1. The van der Waals surface area contributed by atoms with Gasteiger partial charge in [-0.3, -0.25) is 9.69 Å². The van der Waals surface area contributed by atoms with Gasteiger partial charge in [-0.1, -0.05) is 6.07 Å². The van der Waals surface area contributed by atoms with Gasteiger partial charge in [0.2, 0.25) is 5.91 Å². The summed E-state index contributed by atoms with van der Waals surface area (Å²) < 4.78 is 0. The molecule has 1 aromatic carbocycles. The molecule has 0 atom stereocenters. The van der Waals surface area contributed by atoms with Gasteiger partial charge in [0.15, 0.2) is 0 Å². The monoisotopic (exact) mass is 291 g/mol. The van der Waals surface area contributed by atoms with Crippen LogP contribution >= 0.6 is 0 Å². The Labute approximate surface area is 128 Å². The molecule has 0 aliphatic carbocycles. The molecular formula is C17H29N3O. The van der Waals surface area contributed by atoms with Crippen molar-refractivity contribution in [2.45, 2.75) is 53.2 Å². The van der Waals surface area contributed by atoms with Crippen LogP contribution < -0.4 is 11.1 Å². The molecule has 3 N–H and O–H groups in total. The van der Waals surface area contributed by atoms with E-state index in [2.05, 4.69) is 37.9 Å². The second-order valence-corrected chi connectivity index (χ2v) is 6.11. The highest BCUT2D eigenvalue weighted by molar-refractivity contribution is 5.93. The minimum absolute atomic E-state index is 0.373. The van der Waals surface area contributed by atoms with Crippen molar-refractivity contribution in [3.05, 3.63) is 34.9 Å². The maximum atomic E-state index is 11.1. The van der Waals surface area contributed by atoms with Crippen molar-refractivity contribution in [3.8, 4) is 0 Å². The average molecular weight is 291 g/mol. The number of aryl methyl sites for hydroxylation is 1. The van der Waals surface area contributed by atoms with E-state index in [0.717, 1.165) is 25.2 Å². The number of carbonyl (C=O) groups is 1. The zero-order chi connectivity index (χ0) is 16.0. The summed E-state index contributed by atoms with van der Waals surface area (Å²) in [6.45, 7) is 13.7. The number of hydrogen-bond donors (Lipinski definition) is 2. The Hall–Kier alpha value is -1.39. The van der Waals surface area contributed by atoms with Gasteiger partial charge in [0.25, 0.3) is 0 Å². The molecule has 0 bridgehead atoms. The van der Waals surface area contributed by atoms with Crippen LogP contribution in [0.2, 0.25) is 0 Å². The Kier molecular flexibility index (Phi) is 6.85. The van der Waals surface area contributed by atoms with Crippen LogP contribution in [-0.4, -0.2) is 36.0 Å². The summed E-state index contributed by atoms with van der Waals surface area (Å²) in [5.41, 5.74) is 8.16. The van der Waals surface area contributed by atoms with Crippen molar-refractivity contribution in [1.29, 1.82) is 0 Å². The molecule has 0 unspecified atom stereocenters. The van der Waals surface area contributed by atoms with Crippen molar-refractivity contribution < 1.29 is 4.79 Å². The van der Waals surface area contributed by atoms with Gasteiger partial charge in [0.1, 0.15) is 0 Å². The van der Waals surface area contributed by atoms with Crippen LogP contribution in [0.1, 0.15) is 49.2 Å². The van der Waals surface area contributed by atoms with E-state index in [1.54, 1.807) is 6.07 Å². The molecule has 0 aliphatic heterocycles. The van der Waals surface area contributed by atoms with Gasteiger partial charge in [0.05, 0.1) is 0 Å². The Balaban J connectivity index is 2.47. The van der Waals surface area contributed by atoms with Gasteiger partial charge >= 0.3 is 0 Å². The highest BCUT2D eigenvalue weighted by Crippen LogP contribution is 2.11. The van der Waals surface area contributed by atoms with E-state index in [0.29, 0.717) is 17.6 Å².